The predicted molar refractivity (Wildman–Crippen MR) is 101 cm³/mol. The third-order valence-corrected chi connectivity index (χ3v) is 3.72. The van der Waals surface area contributed by atoms with Crippen molar-refractivity contribution in [3.8, 4) is 17.9 Å². The van der Waals surface area contributed by atoms with Gasteiger partial charge < -0.3 is 0 Å². The van der Waals surface area contributed by atoms with E-state index in [1.807, 2.05) is 48.4 Å². The lowest BCUT2D eigenvalue weighted by molar-refractivity contribution is 0.325. The summed E-state index contributed by atoms with van der Waals surface area (Å²) in [5.74, 6) is 6.24. The molecule has 0 aromatic heterocycles. The van der Waals surface area contributed by atoms with E-state index in [4.69, 9.17) is 0 Å². The topological polar surface area (TPSA) is 27.0 Å². The standard InChI is InChI=1S/C22H24N2/c1-22(2,3)15-8-5-9-16-24(4)21(17-23)20-14-10-12-18-11-6-7-13-19(18)20/h5-7,9-14,21H,16H2,1-4H3/b9-5+/t21-/m1/s1. The smallest absolute Gasteiger partial charge is 0.124 e. The van der Waals surface area contributed by atoms with Crippen LogP contribution in [0, 0.1) is 28.6 Å². The Hall–Kier alpha value is -2.55. The van der Waals surface area contributed by atoms with Crippen LogP contribution in [0.3, 0.4) is 0 Å². The van der Waals surface area contributed by atoms with Crippen LogP contribution >= 0.6 is 0 Å². The molecule has 122 valence electrons. The zero-order valence-electron chi connectivity index (χ0n) is 14.9. The van der Waals surface area contributed by atoms with Gasteiger partial charge in [-0.15, -0.1) is 0 Å². The zero-order valence-corrected chi connectivity index (χ0v) is 14.9. The van der Waals surface area contributed by atoms with E-state index in [9.17, 15) is 5.26 Å². The molecule has 0 bridgehead atoms. The maximum absolute atomic E-state index is 9.67. The highest BCUT2D eigenvalue weighted by Gasteiger charge is 2.17. The molecule has 0 radical (unpaired) electrons. The average molecular weight is 316 g/mol. The minimum Gasteiger partial charge on any atom is -0.284 e. The molecule has 0 aliphatic rings. The van der Waals surface area contributed by atoms with Crippen LogP contribution in [0.15, 0.2) is 54.6 Å². The van der Waals surface area contributed by atoms with Gasteiger partial charge in [0.05, 0.1) is 6.07 Å². The van der Waals surface area contributed by atoms with Crippen LogP contribution in [0.1, 0.15) is 32.4 Å². The highest BCUT2D eigenvalue weighted by atomic mass is 15.1. The van der Waals surface area contributed by atoms with Crippen molar-refractivity contribution in [1.29, 1.82) is 5.26 Å². The Morgan fingerprint density at radius 1 is 1.12 bits per heavy atom. The molecule has 0 amide bonds. The number of rotatable bonds is 4. The summed E-state index contributed by atoms with van der Waals surface area (Å²) in [7, 11) is 1.97. The minimum atomic E-state index is -0.281. The van der Waals surface area contributed by atoms with E-state index in [0.29, 0.717) is 6.54 Å². The van der Waals surface area contributed by atoms with E-state index >= 15 is 0 Å². The first-order valence-corrected chi connectivity index (χ1v) is 8.17. The van der Waals surface area contributed by atoms with E-state index in [0.717, 1.165) is 16.3 Å². The Bertz CT molecular complexity index is 817. The van der Waals surface area contributed by atoms with E-state index in [2.05, 4.69) is 56.9 Å². The number of likely N-dealkylation sites (N-methyl/N-ethyl adjacent to an activating group) is 1. The van der Waals surface area contributed by atoms with Crippen molar-refractivity contribution in [2.45, 2.75) is 26.8 Å². The van der Waals surface area contributed by atoms with E-state index in [1.54, 1.807) is 0 Å². The summed E-state index contributed by atoms with van der Waals surface area (Å²) in [5.41, 5.74) is 1.06. The number of benzene rings is 2. The summed E-state index contributed by atoms with van der Waals surface area (Å²) in [4.78, 5) is 2.04. The molecule has 2 aromatic carbocycles. The van der Waals surface area contributed by atoms with Crippen molar-refractivity contribution >= 4 is 10.8 Å². The predicted octanol–water partition coefficient (Wildman–Crippen LogP) is 4.94. The third kappa shape index (κ3) is 4.72. The molecule has 0 aliphatic heterocycles. The van der Waals surface area contributed by atoms with Gasteiger partial charge in [-0.1, -0.05) is 60.4 Å². The van der Waals surface area contributed by atoms with Gasteiger partial charge in [-0.25, -0.2) is 0 Å². The number of fused-ring (bicyclic) bond motifs is 1. The van der Waals surface area contributed by atoms with Gasteiger partial charge in [-0.05, 0) is 50.2 Å². The highest BCUT2D eigenvalue weighted by Crippen LogP contribution is 2.27. The molecule has 2 nitrogen and oxygen atoms in total. The molecular formula is C22H24N2. The fourth-order valence-corrected chi connectivity index (χ4v) is 2.54. The summed E-state index contributed by atoms with van der Waals surface area (Å²) in [5, 5.41) is 12.0. The van der Waals surface area contributed by atoms with Crippen LogP contribution in [0.5, 0.6) is 0 Å². The lowest BCUT2D eigenvalue weighted by atomic mass is 9.98. The Kier molecular flexibility index (Phi) is 5.80. The van der Waals surface area contributed by atoms with Crippen LogP contribution in [0.25, 0.3) is 10.8 Å². The van der Waals surface area contributed by atoms with Crippen molar-refractivity contribution in [2.75, 3.05) is 13.6 Å². The van der Waals surface area contributed by atoms with Gasteiger partial charge in [0.25, 0.3) is 0 Å². The monoisotopic (exact) mass is 316 g/mol. The Morgan fingerprint density at radius 2 is 1.83 bits per heavy atom. The largest absolute Gasteiger partial charge is 0.284 e. The van der Waals surface area contributed by atoms with Crippen molar-refractivity contribution in [1.82, 2.24) is 4.90 Å². The number of hydrogen-bond donors (Lipinski definition) is 0. The van der Waals surface area contributed by atoms with Crippen molar-refractivity contribution in [2.24, 2.45) is 5.41 Å². The molecule has 0 fully saturated rings. The van der Waals surface area contributed by atoms with Gasteiger partial charge in [0.1, 0.15) is 6.04 Å². The average Bonchev–Trinajstić information content (AvgIpc) is 2.54. The second-order valence-electron chi connectivity index (χ2n) is 6.96. The second kappa shape index (κ2) is 7.82. The Labute approximate surface area is 145 Å². The number of hydrogen-bond acceptors (Lipinski definition) is 2. The van der Waals surface area contributed by atoms with Gasteiger partial charge in [0.2, 0.25) is 0 Å². The van der Waals surface area contributed by atoms with Crippen LogP contribution in [-0.2, 0) is 0 Å². The van der Waals surface area contributed by atoms with E-state index in [1.165, 1.54) is 0 Å². The van der Waals surface area contributed by atoms with Gasteiger partial charge in [-0.3, -0.25) is 4.90 Å². The van der Waals surface area contributed by atoms with Crippen LogP contribution < -0.4 is 0 Å². The Balaban J connectivity index is 2.17. The van der Waals surface area contributed by atoms with Crippen LogP contribution in [0.2, 0.25) is 0 Å². The molecular weight excluding hydrogens is 292 g/mol. The zero-order chi connectivity index (χ0) is 17.6. The van der Waals surface area contributed by atoms with Crippen molar-refractivity contribution in [3.63, 3.8) is 0 Å². The summed E-state index contributed by atoms with van der Waals surface area (Å²) < 4.78 is 0. The molecule has 0 heterocycles. The molecule has 2 heteroatoms. The van der Waals surface area contributed by atoms with Gasteiger partial charge in [-0.2, -0.15) is 5.26 Å². The number of nitrogens with zero attached hydrogens (tertiary/aromatic N) is 2. The SMILES string of the molecule is CN(C/C=C/C#CC(C)(C)C)[C@H](C#N)c1cccc2ccccc12. The third-order valence-electron chi connectivity index (χ3n) is 3.72. The normalized spacial score (nSPS) is 12.8. The summed E-state index contributed by atoms with van der Waals surface area (Å²) >= 11 is 0. The van der Waals surface area contributed by atoms with Crippen molar-refractivity contribution < 1.29 is 0 Å². The maximum atomic E-state index is 9.67. The second-order valence-corrected chi connectivity index (χ2v) is 6.96. The highest BCUT2D eigenvalue weighted by molar-refractivity contribution is 5.86. The summed E-state index contributed by atoms with van der Waals surface area (Å²) in [6.45, 7) is 6.95. The molecule has 0 saturated heterocycles. The summed E-state index contributed by atoms with van der Waals surface area (Å²) in [6.07, 6.45) is 3.88. The molecule has 0 saturated carbocycles. The fraction of sp³-hybridized carbons (Fsp3) is 0.318. The Morgan fingerprint density at radius 3 is 2.54 bits per heavy atom. The first kappa shape index (κ1) is 17.8. The molecule has 0 spiro atoms. The molecule has 0 N–H and O–H groups in total. The molecule has 24 heavy (non-hydrogen) atoms. The molecule has 0 aliphatic carbocycles. The van der Waals surface area contributed by atoms with Crippen LogP contribution in [0.4, 0.5) is 0 Å². The van der Waals surface area contributed by atoms with Gasteiger partial charge >= 0.3 is 0 Å². The molecule has 2 rings (SSSR count). The van der Waals surface area contributed by atoms with E-state index in [-0.39, 0.29) is 11.5 Å². The molecule has 1 atom stereocenters. The first-order chi connectivity index (χ1) is 11.4. The van der Waals surface area contributed by atoms with E-state index < -0.39 is 0 Å². The first-order valence-electron chi connectivity index (χ1n) is 8.17. The minimum absolute atomic E-state index is 0.00832. The lowest BCUT2D eigenvalue weighted by Crippen LogP contribution is -2.23. The van der Waals surface area contributed by atoms with Gasteiger partial charge in [0, 0.05) is 12.0 Å². The molecule has 0 unspecified atom stereocenters. The lowest BCUT2D eigenvalue weighted by Gasteiger charge is -2.22. The summed E-state index contributed by atoms with van der Waals surface area (Å²) in [6, 6.07) is 16.5. The maximum Gasteiger partial charge on any atom is 0.124 e. The van der Waals surface area contributed by atoms with Gasteiger partial charge in [0.15, 0.2) is 0 Å². The quantitative estimate of drug-likeness (QED) is 0.747. The molecule has 2 aromatic rings. The number of allylic oxidation sites excluding steroid dienone is 1. The number of nitriles is 1. The van der Waals surface area contributed by atoms with Crippen LogP contribution in [-0.4, -0.2) is 18.5 Å². The fourth-order valence-electron chi connectivity index (χ4n) is 2.54. The van der Waals surface area contributed by atoms with Crippen molar-refractivity contribution in [3.05, 3.63) is 60.2 Å².